The molecule has 0 saturated carbocycles. The molecule has 0 saturated heterocycles. The second-order valence-corrected chi connectivity index (χ2v) is 11.4. The van der Waals surface area contributed by atoms with Gasteiger partial charge in [-0.05, 0) is 35.4 Å². The van der Waals surface area contributed by atoms with Gasteiger partial charge in [-0.25, -0.2) is 0 Å². The van der Waals surface area contributed by atoms with Crippen molar-refractivity contribution in [3.8, 4) is 0 Å². The van der Waals surface area contributed by atoms with Crippen LogP contribution in [0.5, 0.6) is 0 Å². The summed E-state index contributed by atoms with van der Waals surface area (Å²) in [4.78, 5) is 75.6. The van der Waals surface area contributed by atoms with Crippen LogP contribution in [-0.2, 0) is 35.4 Å². The fourth-order valence-electron chi connectivity index (χ4n) is 0. The third kappa shape index (κ3) is 32.8. The molecule has 0 rings (SSSR count). The van der Waals surface area contributed by atoms with Gasteiger partial charge in [0, 0.05) is 0 Å². The molecule has 0 heterocycles. The topological polar surface area (TPSA) is 242 Å². The molecule has 0 spiro atoms. The van der Waals surface area contributed by atoms with E-state index in [1.807, 2.05) is 0 Å². The van der Waals surface area contributed by atoms with Crippen molar-refractivity contribution >= 4 is 72.0 Å². The van der Waals surface area contributed by atoms with Crippen molar-refractivity contribution in [3.05, 3.63) is 0 Å². The largest absolute Gasteiger partial charge is 1.00 e. The van der Waals surface area contributed by atoms with Gasteiger partial charge in [0.15, 0.2) is 0 Å². The van der Waals surface area contributed by atoms with Gasteiger partial charge in [0.1, 0.15) is 17.1 Å². The van der Waals surface area contributed by atoms with Crippen LogP contribution in [-0.4, -0.2) is 46.5 Å². The zero-order chi connectivity index (χ0) is 18.2. The molecule has 0 unspecified atom stereocenters. The first-order valence-electron chi connectivity index (χ1n) is 3.64. The molecule has 0 aromatic rings. The van der Waals surface area contributed by atoms with Crippen molar-refractivity contribution < 1.29 is 148 Å². The van der Waals surface area contributed by atoms with E-state index < -0.39 is 36.6 Å². The molecule has 0 aromatic carbocycles. The van der Waals surface area contributed by atoms with E-state index >= 15 is 0 Å². The first-order valence-corrected chi connectivity index (χ1v) is 11.8. The van der Waals surface area contributed by atoms with Crippen molar-refractivity contribution in [2.24, 2.45) is 0 Å². The molecule has 0 radical (unpaired) electrons. The van der Waals surface area contributed by atoms with Gasteiger partial charge in [-0.3, -0.25) is 0 Å². The van der Waals surface area contributed by atoms with Gasteiger partial charge < -0.3 is 59.1 Å². The molecule has 0 aliphatic heterocycles. The molecule has 0 bridgehead atoms. The van der Waals surface area contributed by atoms with E-state index in [4.69, 9.17) is 29.4 Å². The van der Waals surface area contributed by atoms with Crippen LogP contribution in [0.4, 0.5) is 14.4 Å². The van der Waals surface area contributed by atoms with Crippen LogP contribution >= 0.6 is 19.5 Å². The average Bonchev–Trinajstić information content (AvgIpc) is 2.14. The number of carbonyl (C=O) groups is 3. The zero-order valence-corrected chi connectivity index (χ0v) is 23.3. The fraction of sp³-hybridized carbons (Fsp3) is 0. The molecule has 24 heavy (non-hydrogen) atoms. The van der Waals surface area contributed by atoms with Gasteiger partial charge in [0.05, 0.1) is 0 Å². The number of hydrogen-bond acceptors (Lipinski definition) is 9. The summed E-state index contributed by atoms with van der Waals surface area (Å²) in [5.74, 6) is 0. The number of carbonyl (C=O) groups excluding carboxylic acids is 3. The van der Waals surface area contributed by atoms with Crippen LogP contribution in [0.3, 0.4) is 0 Å². The Labute approximate surface area is 216 Å². The fourth-order valence-corrected chi connectivity index (χ4v) is 0. The Hall–Kier alpha value is 3.12. The van der Waals surface area contributed by atoms with E-state index in [2.05, 4.69) is 35.4 Å². The van der Waals surface area contributed by atoms with E-state index in [1.165, 1.54) is 0 Å². The number of carboxylic acid groups (broad SMARTS) is 3. The van der Waals surface area contributed by atoms with Crippen molar-refractivity contribution in [1.29, 1.82) is 0 Å². The summed E-state index contributed by atoms with van der Waals surface area (Å²) in [6, 6.07) is 0. The second-order valence-electron chi connectivity index (χ2n) is 2.43. The Morgan fingerprint density at radius 1 is 0.542 bits per heavy atom. The minimum Gasteiger partial charge on any atom is -0.540 e. The molecule has 126 valence electrons. The van der Waals surface area contributed by atoms with Crippen LogP contribution in [0.1, 0.15) is 0 Å². The Bertz CT molecular complexity index is 460. The maximum Gasteiger partial charge on any atom is 1.00 e. The van der Waals surface area contributed by atoms with E-state index in [9.17, 15) is 29.7 Å². The van der Waals surface area contributed by atoms with Crippen LogP contribution in [0.25, 0.3) is 0 Å². The van der Waals surface area contributed by atoms with Crippen molar-refractivity contribution in [1.82, 2.24) is 0 Å². The molecule has 0 atom stereocenters. The SMILES string of the molecule is O=C([O-])P(O)(O)=S.O=C([O-])P(O)(O)=S.O=C([O-])P(O)(O)=S.[Na+].[Na+].[Na+]. The van der Waals surface area contributed by atoms with Gasteiger partial charge in [0.25, 0.3) is 0 Å². The van der Waals surface area contributed by atoms with Gasteiger partial charge in [-0.15, -0.1) is 0 Å². The quantitative estimate of drug-likeness (QED) is 0.158. The summed E-state index contributed by atoms with van der Waals surface area (Å²) >= 11 is 11.0. The molecule has 12 nitrogen and oxygen atoms in total. The molecule has 0 fully saturated rings. The molecular formula is C3H6Na3O12P3S3. The van der Waals surface area contributed by atoms with Gasteiger partial charge in [-0.2, -0.15) is 0 Å². The van der Waals surface area contributed by atoms with E-state index in [-0.39, 0.29) is 88.7 Å². The third-order valence-corrected chi connectivity index (χ3v) is 3.48. The summed E-state index contributed by atoms with van der Waals surface area (Å²) in [7, 11) is 0. The number of hydrogen-bond donors (Lipinski definition) is 6. The maximum atomic E-state index is 9.35. The van der Waals surface area contributed by atoms with Gasteiger partial charge in [0.2, 0.25) is 19.5 Å². The standard InChI is InChI=1S/3CH3O4PS.3Na/c3*2-1(3)6(4,5)7;;;/h3*(H,2,3)(H2,4,5,7);;;/q;;;3*+1/p-3. The number of rotatable bonds is 3. The predicted molar refractivity (Wildman–Crippen MR) is 72.4 cm³/mol. The molecule has 0 amide bonds. The van der Waals surface area contributed by atoms with Gasteiger partial charge in [-0.1, -0.05) is 0 Å². The molecule has 0 aromatic heterocycles. The minimum absolute atomic E-state index is 0. The predicted octanol–water partition coefficient (Wildman–Crippen LogP) is -13.1. The van der Waals surface area contributed by atoms with Crippen molar-refractivity contribution in [2.75, 3.05) is 0 Å². The van der Waals surface area contributed by atoms with Crippen molar-refractivity contribution in [2.45, 2.75) is 0 Å². The minimum atomic E-state index is -4.10. The molecule has 0 aliphatic carbocycles. The van der Waals surface area contributed by atoms with Crippen molar-refractivity contribution in [3.63, 3.8) is 0 Å². The van der Waals surface area contributed by atoms with Crippen LogP contribution < -0.4 is 104 Å². The monoisotopic (exact) mass is 492 g/mol. The van der Waals surface area contributed by atoms with E-state index in [0.29, 0.717) is 0 Å². The van der Waals surface area contributed by atoms with Crippen LogP contribution in [0.15, 0.2) is 0 Å². The Morgan fingerprint density at radius 3 is 0.583 bits per heavy atom. The maximum absolute atomic E-state index is 9.35. The molecule has 0 aliphatic rings. The Morgan fingerprint density at radius 2 is 0.583 bits per heavy atom. The first kappa shape index (κ1) is 41.5. The summed E-state index contributed by atoms with van der Waals surface area (Å²) < 4.78 is 0. The summed E-state index contributed by atoms with van der Waals surface area (Å²) in [6.07, 6.45) is 0. The average molecular weight is 492 g/mol. The molecule has 6 N–H and O–H groups in total. The second kappa shape index (κ2) is 18.2. The van der Waals surface area contributed by atoms with Crippen LogP contribution in [0.2, 0.25) is 0 Å². The third-order valence-electron chi connectivity index (χ3n) is 0.714. The first-order chi connectivity index (χ1) is 8.83. The van der Waals surface area contributed by atoms with E-state index in [1.54, 1.807) is 0 Å². The van der Waals surface area contributed by atoms with Crippen LogP contribution in [0, 0.1) is 0 Å². The Kier molecular flexibility index (Phi) is 31.4. The van der Waals surface area contributed by atoms with Gasteiger partial charge >= 0.3 is 88.7 Å². The summed E-state index contributed by atoms with van der Waals surface area (Å²) in [5, 5.41) is 28.1. The molecular weight excluding hydrogens is 486 g/mol. The smallest absolute Gasteiger partial charge is 0.540 e. The van der Waals surface area contributed by atoms with E-state index in [0.717, 1.165) is 0 Å². The zero-order valence-electron chi connectivity index (χ0n) is 12.2. The summed E-state index contributed by atoms with van der Waals surface area (Å²) in [5.41, 5.74) is -5.91. The normalized spacial score (nSPS) is 9.75. The Balaban J connectivity index is -0.0000000476. The molecule has 21 heteroatoms. The summed E-state index contributed by atoms with van der Waals surface area (Å²) in [6.45, 7) is -12.3.